The van der Waals surface area contributed by atoms with Gasteiger partial charge in [-0.25, -0.2) is 0 Å². The van der Waals surface area contributed by atoms with Crippen molar-refractivity contribution >= 4 is 11.9 Å². The van der Waals surface area contributed by atoms with Gasteiger partial charge in [0.1, 0.15) is 11.7 Å². The first-order valence-corrected chi connectivity index (χ1v) is 6.80. The molecule has 0 aliphatic carbocycles. The van der Waals surface area contributed by atoms with E-state index in [2.05, 4.69) is 0 Å². The minimum Gasteiger partial charge on any atom is -0.480 e. The lowest BCUT2D eigenvalue weighted by atomic mass is 10.2. The van der Waals surface area contributed by atoms with Crippen LogP contribution in [0.5, 0.6) is 0 Å². The summed E-state index contributed by atoms with van der Waals surface area (Å²) in [4.78, 5) is 27.1. The van der Waals surface area contributed by atoms with Gasteiger partial charge in [0.15, 0.2) is 0 Å². The van der Waals surface area contributed by atoms with Gasteiger partial charge in [0.2, 0.25) is 0 Å². The average Bonchev–Trinajstić information content (AvgIpc) is 2.77. The summed E-state index contributed by atoms with van der Waals surface area (Å²) in [6, 6.07) is 3.27. The Bertz CT molecular complexity index is 516. The molecule has 1 aromatic heterocycles. The molecule has 2 heterocycles. The Balaban J connectivity index is 1.99. The van der Waals surface area contributed by atoms with Crippen LogP contribution in [-0.2, 0) is 11.8 Å². The highest BCUT2D eigenvalue weighted by Crippen LogP contribution is 2.13. The highest BCUT2D eigenvalue weighted by Gasteiger charge is 2.28. The van der Waals surface area contributed by atoms with Crippen molar-refractivity contribution in [2.24, 2.45) is 7.05 Å². The van der Waals surface area contributed by atoms with Crippen molar-refractivity contribution in [1.29, 1.82) is 0 Å². The maximum Gasteiger partial charge on any atom is 0.320 e. The number of hydrogen-bond acceptors (Lipinski definition) is 3. The van der Waals surface area contributed by atoms with Gasteiger partial charge in [0, 0.05) is 38.9 Å². The molecule has 1 amide bonds. The Labute approximate surface area is 118 Å². The van der Waals surface area contributed by atoms with E-state index in [1.807, 2.05) is 35.6 Å². The zero-order valence-electron chi connectivity index (χ0n) is 12.2. The SMILES string of the molecule is Cc1ccc(C(=O)N2CCN(C(C)C(=O)O)CC2)n1C. The summed E-state index contributed by atoms with van der Waals surface area (Å²) >= 11 is 0. The van der Waals surface area contributed by atoms with E-state index in [4.69, 9.17) is 5.11 Å². The number of carboxylic acid groups (broad SMARTS) is 1. The average molecular weight is 279 g/mol. The normalized spacial score (nSPS) is 18.1. The molecular weight excluding hydrogens is 258 g/mol. The fourth-order valence-corrected chi connectivity index (χ4v) is 2.46. The number of carboxylic acids is 1. The third kappa shape index (κ3) is 2.70. The van der Waals surface area contributed by atoms with Crippen molar-refractivity contribution in [3.05, 3.63) is 23.5 Å². The number of aryl methyl sites for hydroxylation is 1. The molecule has 1 atom stereocenters. The molecule has 1 aliphatic heterocycles. The van der Waals surface area contributed by atoms with Crippen LogP contribution in [0.25, 0.3) is 0 Å². The first-order chi connectivity index (χ1) is 9.41. The lowest BCUT2D eigenvalue weighted by Gasteiger charge is -2.36. The van der Waals surface area contributed by atoms with E-state index in [9.17, 15) is 9.59 Å². The zero-order chi connectivity index (χ0) is 14.9. The molecule has 0 saturated carbocycles. The van der Waals surface area contributed by atoms with Crippen LogP contribution >= 0.6 is 0 Å². The van der Waals surface area contributed by atoms with Crippen molar-refractivity contribution in [3.8, 4) is 0 Å². The van der Waals surface area contributed by atoms with Crippen LogP contribution in [0.2, 0.25) is 0 Å². The molecule has 0 bridgehead atoms. The lowest BCUT2D eigenvalue weighted by molar-refractivity contribution is -0.143. The summed E-state index contributed by atoms with van der Waals surface area (Å²) in [5.41, 5.74) is 1.73. The number of carbonyl (C=O) groups excluding carboxylic acids is 1. The summed E-state index contributed by atoms with van der Waals surface area (Å²) in [5, 5.41) is 9.00. The van der Waals surface area contributed by atoms with Gasteiger partial charge >= 0.3 is 5.97 Å². The van der Waals surface area contributed by atoms with E-state index < -0.39 is 12.0 Å². The summed E-state index contributed by atoms with van der Waals surface area (Å²) in [6.07, 6.45) is 0. The summed E-state index contributed by atoms with van der Waals surface area (Å²) < 4.78 is 1.88. The van der Waals surface area contributed by atoms with E-state index in [-0.39, 0.29) is 5.91 Å². The van der Waals surface area contributed by atoms with Gasteiger partial charge in [-0.15, -0.1) is 0 Å². The van der Waals surface area contributed by atoms with E-state index in [1.165, 1.54) is 0 Å². The maximum atomic E-state index is 12.4. The van der Waals surface area contributed by atoms with Gasteiger partial charge in [0.05, 0.1) is 0 Å². The molecule has 20 heavy (non-hydrogen) atoms. The molecule has 1 N–H and O–H groups in total. The molecule has 6 nitrogen and oxygen atoms in total. The van der Waals surface area contributed by atoms with Crippen molar-refractivity contribution in [1.82, 2.24) is 14.4 Å². The minimum atomic E-state index is -0.817. The number of rotatable bonds is 3. The fraction of sp³-hybridized carbons (Fsp3) is 0.571. The molecule has 110 valence electrons. The van der Waals surface area contributed by atoms with Crippen molar-refractivity contribution in [3.63, 3.8) is 0 Å². The number of hydrogen-bond donors (Lipinski definition) is 1. The van der Waals surface area contributed by atoms with Crippen molar-refractivity contribution in [2.45, 2.75) is 19.9 Å². The topological polar surface area (TPSA) is 65.8 Å². The molecule has 6 heteroatoms. The number of nitrogens with zero attached hydrogens (tertiary/aromatic N) is 3. The number of carbonyl (C=O) groups is 2. The van der Waals surface area contributed by atoms with Crippen LogP contribution in [0.1, 0.15) is 23.1 Å². The van der Waals surface area contributed by atoms with Crippen LogP contribution in [0, 0.1) is 6.92 Å². The molecule has 2 rings (SSSR count). The Kier molecular flexibility index (Phi) is 4.13. The number of aliphatic carboxylic acids is 1. The van der Waals surface area contributed by atoms with E-state index in [0.717, 1.165) is 5.69 Å². The quantitative estimate of drug-likeness (QED) is 0.878. The van der Waals surface area contributed by atoms with E-state index in [0.29, 0.717) is 31.9 Å². The summed E-state index contributed by atoms with van der Waals surface area (Å²) in [6.45, 7) is 5.98. The predicted molar refractivity (Wildman–Crippen MR) is 74.7 cm³/mol. The monoisotopic (exact) mass is 279 g/mol. The molecule has 0 spiro atoms. The second-order valence-electron chi connectivity index (χ2n) is 5.26. The fourth-order valence-electron chi connectivity index (χ4n) is 2.46. The first kappa shape index (κ1) is 14.6. The van der Waals surface area contributed by atoms with Crippen LogP contribution in [0.3, 0.4) is 0 Å². The van der Waals surface area contributed by atoms with Gasteiger partial charge in [-0.2, -0.15) is 0 Å². The van der Waals surface area contributed by atoms with Crippen molar-refractivity contribution < 1.29 is 14.7 Å². The molecule has 0 aromatic carbocycles. The largest absolute Gasteiger partial charge is 0.480 e. The third-order valence-electron chi connectivity index (χ3n) is 4.10. The Morgan fingerprint density at radius 2 is 1.80 bits per heavy atom. The minimum absolute atomic E-state index is 0.0169. The maximum absolute atomic E-state index is 12.4. The summed E-state index contributed by atoms with van der Waals surface area (Å²) in [7, 11) is 1.88. The molecule has 1 aliphatic rings. The van der Waals surface area contributed by atoms with E-state index in [1.54, 1.807) is 11.8 Å². The van der Waals surface area contributed by atoms with E-state index >= 15 is 0 Å². The van der Waals surface area contributed by atoms with Crippen LogP contribution in [0.4, 0.5) is 0 Å². The molecular formula is C14H21N3O3. The molecule has 1 fully saturated rings. The van der Waals surface area contributed by atoms with Gasteiger partial charge in [0.25, 0.3) is 5.91 Å². The highest BCUT2D eigenvalue weighted by atomic mass is 16.4. The second-order valence-corrected chi connectivity index (χ2v) is 5.26. The molecule has 1 unspecified atom stereocenters. The Morgan fingerprint density at radius 3 is 2.25 bits per heavy atom. The molecule has 1 saturated heterocycles. The number of amides is 1. The van der Waals surface area contributed by atoms with Gasteiger partial charge < -0.3 is 14.6 Å². The predicted octanol–water partition coefficient (Wildman–Crippen LogP) is 0.564. The summed E-state index contributed by atoms with van der Waals surface area (Å²) in [5.74, 6) is -0.800. The number of piperazine rings is 1. The molecule has 0 radical (unpaired) electrons. The van der Waals surface area contributed by atoms with Crippen LogP contribution in [0.15, 0.2) is 12.1 Å². The lowest BCUT2D eigenvalue weighted by Crippen LogP contribution is -2.53. The van der Waals surface area contributed by atoms with Crippen LogP contribution < -0.4 is 0 Å². The van der Waals surface area contributed by atoms with Gasteiger partial charge in [-0.1, -0.05) is 0 Å². The highest BCUT2D eigenvalue weighted by molar-refractivity contribution is 5.93. The smallest absolute Gasteiger partial charge is 0.320 e. The molecule has 1 aromatic rings. The van der Waals surface area contributed by atoms with Gasteiger partial charge in [-0.05, 0) is 26.0 Å². The Hall–Kier alpha value is -1.82. The number of aromatic nitrogens is 1. The third-order valence-corrected chi connectivity index (χ3v) is 4.10. The standard InChI is InChI=1S/C14H21N3O3/c1-10-4-5-12(15(10)3)13(18)17-8-6-16(7-9-17)11(2)14(19)20/h4-5,11H,6-9H2,1-3H3,(H,19,20). The van der Waals surface area contributed by atoms with Gasteiger partial charge in [-0.3, -0.25) is 14.5 Å². The second kappa shape index (κ2) is 5.66. The first-order valence-electron chi connectivity index (χ1n) is 6.80. The zero-order valence-corrected chi connectivity index (χ0v) is 12.2. The van der Waals surface area contributed by atoms with Crippen molar-refractivity contribution in [2.75, 3.05) is 26.2 Å². The van der Waals surface area contributed by atoms with Crippen LogP contribution in [-0.4, -0.2) is 63.6 Å². The Morgan fingerprint density at radius 1 is 1.20 bits per heavy atom.